The van der Waals surface area contributed by atoms with Gasteiger partial charge >= 0.3 is 11.9 Å². The van der Waals surface area contributed by atoms with Gasteiger partial charge in [-0.25, -0.2) is 14.6 Å². The van der Waals surface area contributed by atoms with Crippen molar-refractivity contribution in [2.24, 2.45) is 0 Å². The molecular weight excluding hydrogens is 507 g/mol. The van der Waals surface area contributed by atoms with Gasteiger partial charge in [0.1, 0.15) is 5.01 Å². The zero-order chi connectivity index (χ0) is 25.3. The number of nitrogens with zero attached hydrogens (tertiary/aromatic N) is 1. The van der Waals surface area contributed by atoms with Gasteiger partial charge in [-0.3, -0.25) is 0 Å². The molecule has 0 radical (unpaired) electrons. The molecule has 0 spiro atoms. The number of hydrogen-bond acceptors (Lipinski definition) is 7. The molecule has 9 heteroatoms. The highest BCUT2D eigenvalue weighted by Crippen LogP contribution is 2.41. The van der Waals surface area contributed by atoms with Crippen LogP contribution >= 0.6 is 34.5 Å². The molecule has 0 aliphatic carbocycles. The van der Waals surface area contributed by atoms with E-state index in [-0.39, 0.29) is 0 Å². The van der Waals surface area contributed by atoms with Crippen molar-refractivity contribution in [3.8, 4) is 21.8 Å². The van der Waals surface area contributed by atoms with Gasteiger partial charge in [-0.1, -0.05) is 41.4 Å². The van der Waals surface area contributed by atoms with Crippen molar-refractivity contribution in [3.63, 3.8) is 0 Å². The van der Waals surface area contributed by atoms with E-state index in [1.54, 1.807) is 26.0 Å². The average Bonchev–Trinajstić information content (AvgIpc) is 3.33. The third-order valence-electron chi connectivity index (χ3n) is 5.75. The number of nitrogens with one attached hydrogen (secondary N) is 1. The van der Waals surface area contributed by atoms with E-state index in [0.717, 1.165) is 27.4 Å². The minimum atomic E-state index is -0.666. The monoisotopic (exact) mass is 528 g/mol. The number of ether oxygens (including phenoxy) is 2. The summed E-state index contributed by atoms with van der Waals surface area (Å²) in [6, 6.07) is 12.9. The van der Waals surface area contributed by atoms with Crippen molar-refractivity contribution < 1.29 is 19.1 Å². The third-order valence-corrected chi connectivity index (χ3v) is 7.19. The molecule has 3 aromatic rings. The summed E-state index contributed by atoms with van der Waals surface area (Å²) in [5.74, 6) is -1.71. The van der Waals surface area contributed by atoms with Gasteiger partial charge < -0.3 is 14.8 Å². The van der Waals surface area contributed by atoms with Gasteiger partial charge in [0.15, 0.2) is 0 Å². The molecule has 1 N–H and O–H groups in total. The second-order valence-electron chi connectivity index (χ2n) is 7.91. The summed E-state index contributed by atoms with van der Waals surface area (Å²) in [5, 5.41) is 6.88. The minimum absolute atomic E-state index is 0.350. The fourth-order valence-electron chi connectivity index (χ4n) is 4.17. The van der Waals surface area contributed by atoms with E-state index in [1.165, 1.54) is 25.6 Å². The number of halogens is 2. The molecule has 0 fully saturated rings. The molecule has 4 rings (SSSR count). The first-order valence-corrected chi connectivity index (χ1v) is 12.2. The lowest BCUT2D eigenvalue weighted by molar-refractivity contribution is -0.137. The van der Waals surface area contributed by atoms with Crippen LogP contribution in [0, 0.1) is 0 Å². The number of hydrogen-bond donors (Lipinski definition) is 1. The second-order valence-corrected chi connectivity index (χ2v) is 9.61. The van der Waals surface area contributed by atoms with Crippen LogP contribution in [0.5, 0.6) is 0 Å². The molecule has 1 aliphatic heterocycles. The molecule has 1 aliphatic rings. The topological polar surface area (TPSA) is 77.5 Å². The van der Waals surface area contributed by atoms with E-state index >= 15 is 0 Å². The Morgan fingerprint density at radius 1 is 0.971 bits per heavy atom. The van der Waals surface area contributed by atoms with Crippen molar-refractivity contribution >= 4 is 46.5 Å². The van der Waals surface area contributed by atoms with E-state index in [1.807, 2.05) is 35.7 Å². The second kappa shape index (κ2) is 10.2. The Labute approximate surface area is 217 Å². The molecule has 6 nitrogen and oxygen atoms in total. The normalized spacial score (nSPS) is 14.1. The van der Waals surface area contributed by atoms with Crippen LogP contribution in [0.25, 0.3) is 21.8 Å². The van der Waals surface area contributed by atoms with Crippen LogP contribution in [0.15, 0.2) is 70.4 Å². The molecule has 0 atom stereocenters. The molecule has 0 bridgehead atoms. The highest BCUT2D eigenvalue weighted by atomic mass is 35.5. The average molecular weight is 529 g/mol. The fourth-order valence-corrected chi connectivity index (χ4v) is 5.49. The van der Waals surface area contributed by atoms with Crippen molar-refractivity contribution in [1.82, 2.24) is 10.3 Å². The van der Waals surface area contributed by atoms with Gasteiger partial charge in [0, 0.05) is 32.9 Å². The molecule has 2 aromatic carbocycles. The number of benzene rings is 2. The maximum Gasteiger partial charge on any atom is 0.336 e. The van der Waals surface area contributed by atoms with E-state index in [2.05, 4.69) is 5.32 Å². The van der Waals surface area contributed by atoms with Gasteiger partial charge in [-0.05, 0) is 43.7 Å². The molecule has 2 heterocycles. The molecule has 0 saturated heterocycles. The smallest absolute Gasteiger partial charge is 0.336 e. The van der Waals surface area contributed by atoms with E-state index in [9.17, 15) is 9.59 Å². The zero-order valence-corrected chi connectivity index (χ0v) is 21.8. The highest BCUT2D eigenvalue weighted by molar-refractivity contribution is 7.13. The van der Waals surface area contributed by atoms with Crippen molar-refractivity contribution in [1.29, 1.82) is 0 Å². The summed E-state index contributed by atoms with van der Waals surface area (Å²) in [6.07, 6.45) is 0. The molecule has 35 heavy (non-hydrogen) atoms. The first-order chi connectivity index (χ1) is 16.7. The van der Waals surface area contributed by atoms with Gasteiger partial charge in [-0.2, -0.15) is 0 Å². The molecule has 0 amide bonds. The van der Waals surface area contributed by atoms with Crippen LogP contribution in [0.1, 0.15) is 25.3 Å². The maximum absolute atomic E-state index is 12.8. The lowest BCUT2D eigenvalue weighted by atomic mass is 9.80. The summed E-state index contributed by atoms with van der Waals surface area (Å²) in [7, 11) is 2.64. The minimum Gasteiger partial charge on any atom is -0.466 e. The Morgan fingerprint density at radius 3 is 2.23 bits per heavy atom. The highest BCUT2D eigenvalue weighted by Gasteiger charge is 2.37. The molecular formula is C26H22Cl2N2O4S. The number of thiazole rings is 1. The quantitative estimate of drug-likeness (QED) is 0.388. The number of rotatable bonds is 5. The van der Waals surface area contributed by atoms with E-state index < -0.39 is 17.9 Å². The van der Waals surface area contributed by atoms with Crippen LogP contribution in [-0.2, 0) is 19.1 Å². The lowest BCUT2D eigenvalue weighted by Gasteiger charge is -2.30. The number of carbonyl (C=O) groups excluding carboxylic acids is 2. The Hall–Kier alpha value is -3.13. The van der Waals surface area contributed by atoms with Crippen molar-refractivity contribution in [2.45, 2.75) is 19.8 Å². The number of carbonyl (C=O) groups is 2. The lowest BCUT2D eigenvalue weighted by Crippen LogP contribution is -2.32. The number of dihydropyridines is 1. The van der Waals surface area contributed by atoms with Crippen molar-refractivity contribution in [3.05, 3.63) is 86.0 Å². The standard InChI is InChI=1S/C26H22Cl2N2O4S/c1-13-21(25(31)33-3)23(22(14(2)29-13)26(32)34-4)15-6-5-7-16(10-15)24-30-20(12-35-24)18-9-8-17(27)11-19(18)28/h5-12,23,29H,1-4H3. The zero-order valence-electron chi connectivity index (χ0n) is 19.4. The number of methoxy groups -OCH3 is 2. The van der Waals surface area contributed by atoms with Crippen LogP contribution in [0.2, 0.25) is 10.0 Å². The largest absolute Gasteiger partial charge is 0.466 e. The fraction of sp³-hybridized carbons (Fsp3) is 0.192. The molecule has 1 aromatic heterocycles. The summed E-state index contributed by atoms with van der Waals surface area (Å²) in [6.45, 7) is 3.56. The first-order valence-electron chi connectivity index (χ1n) is 10.6. The van der Waals surface area contributed by atoms with Crippen LogP contribution in [-0.4, -0.2) is 31.1 Å². The summed E-state index contributed by atoms with van der Waals surface area (Å²) < 4.78 is 10.1. The molecule has 180 valence electrons. The predicted octanol–water partition coefficient (Wildman–Crippen LogP) is 6.36. The summed E-state index contributed by atoms with van der Waals surface area (Å²) >= 11 is 13.9. The van der Waals surface area contributed by atoms with Gasteiger partial charge in [-0.15, -0.1) is 11.3 Å². The van der Waals surface area contributed by atoms with Gasteiger partial charge in [0.2, 0.25) is 0 Å². The maximum atomic E-state index is 12.8. The number of esters is 2. The Kier molecular flexibility index (Phi) is 7.31. The predicted molar refractivity (Wildman–Crippen MR) is 138 cm³/mol. The van der Waals surface area contributed by atoms with Gasteiger partial charge in [0.25, 0.3) is 0 Å². The third kappa shape index (κ3) is 4.85. The van der Waals surface area contributed by atoms with Crippen LogP contribution in [0.4, 0.5) is 0 Å². The molecule has 0 saturated carbocycles. The van der Waals surface area contributed by atoms with Gasteiger partial charge in [0.05, 0.1) is 42.0 Å². The summed E-state index contributed by atoms with van der Waals surface area (Å²) in [5.41, 5.74) is 5.03. The van der Waals surface area contributed by atoms with E-state index in [4.69, 9.17) is 37.7 Å². The Morgan fingerprint density at radius 2 is 1.63 bits per heavy atom. The van der Waals surface area contributed by atoms with Crippen LogP contribution in [0.3, 0.4) is 0 Å². The first kappa shape index (κ1) is 25.0. The Bertz CT molecular complexity index is 1360. The Balaban J connectivity index is 1.80. The summed E-state index contributed by atoms with van der Waals surface area (Å²) in [4.78, 5) is 30.3. The number of allylic oxidation sites excluding steroid dienone is 2. The number of aromatic nitrogens is 1. The van der Waals surface area contributed by atoms with E-state index in [0.29, 0.717) is 32.6 Å². The van der Waals surface area contributed by atoms with Crippen molar-refractivity contribution in [2.75, 3.05) is 14.2 Å². The van der Waals surface area contributed by atoms with Crippen LogP contribution < -0.4 is 5.32 Å². The SMILES string of the molecule is COC(=O)C1=C(C)NC(C)=C(C(=O)OC)C1c1cccc(-c2nc(-c3ccc(Cl)cc3Cl)cs2)c1. The molecule has 0 unspecified atom stereocenters.